The molecule has 5 rings (SSSR count). The Bertz CT molecular complexity index is 772. The van der Waals surface area contributed by atoms with Gasteiger partial charge in [0.05, 0.1) is 18.2 Å². The van der Waals surface area contributed by atoms with E-state index in [1.54, 1.807) is 4.90 Å². The van der Waals surface area contributed by atoms with E-state index in [2.05, 4.69) is 33.1 Å². The van der Waals surface area contributed by atoms with E-state index in [0.717, 1.165) is 43.3 Å². The molecule has 1 amide bonds. The zero-order chi connectivity index (χ0) is 20.1. The van der Waals surface area contributed by atoms with Crippen LogP contribution < -0.4 is 4.90 Å². The fourth-order valence-electron chi connectivity index (χ4n) is 5.40. The van der Waals surface area contributed by atoms with Crippen LogP contribution in [-0.2, 0) is 17.8 Å². The number of amides is 1. The fraction of sp³-hybridized carbons (Fsp3) is 0.750. The first-order valence-corrected chi connectivity index (χ1v) is 10.5. The first-order chi connectivity index (χ1) is 14.0. The second kappa shape index (κ2) is 7.43. The van der Waals surface area contributed by atoms with E-state index >= 15 is 0 Å². The van der Waals surface area contributed by atoms with Gasteiger partial charge < -0.3 is 14.7 Å². The minimum atomic E-state index is -2.34. The molecule has 1 aromatic heterocycles. The van der Waals surface area contributed by atoms with Crippen LogP contribution in [0.15, 0.2) is 6.07 Å². The number of hydrogen-bond donors (Lipinski definition) is 0. The number of nitrogens with zero attached hydrogens (tertiary/aromatic N) is 6. The molecule has 0 saturated carbocycles. The predicted octanol–water partition coefficient (Wildman–Crippen LogP) is 0.556. The molecule has 7 nitrogen and oxygen atoms in total. The number of carbonyl (C=O) groups excluding carboxylic acids is 1. The molecule has 0 spiro atoms. The third kappa shape index (κ3) is 3.70. The molecule has 158 valence electrons. The summed E-state index contributed by atoms with van der Waals surface area (Å²) in [4.78, 5) is 21.0. The SMILES string of the molecule is CN1C[C@@H]2CN(c3cc4c(nn3)CCN(C(=O)C3CN(CC(F)F)C3)C4)C[C@@H]2C1. The number of carbonyl (C=O) groups is 1. The van der Waals surface area contributed by atoms with Gasteiger partial charge in [-0.15, -0.1) is 5.10 Å². The number of anilines is 1. The summed E-state index contributed by atoms with van der Waals surface area (Å²) < 4.78 is 24.9. The van der Waals surface area contributed by atoms with Crippen LogP contribution in [0.5, 0.6) is 0 Å². The monoisotopic (exact) mass is 406 g/mol. The summed E-state index contributed by atoms with van der Waals surface area (Å²) in [5.41, 5.74) is 2.05. The molecule has 3 fully saturated rings. The molecule has 4 aliphatic heterocycles. The molecular formula is C20H28F2N6O. The smallest absolute Gasteiger partial charge is 0.251 e. The molecule has 5 heterocycles. The number of fused-ring (bicyclic) bond motifs is 2. The Hall–Kier alpha value is -1.87. The van der Waals surface area contributed by atoms with Crippen molar-refractivity contribution in [2.75, 3.05) is 64.3 Å². The van der Waals surface area contributed by atoms with E-state index in [4.69, 9.17) is 0 Å². The highest BCUT2D eigenvalue weighted by atomic mass is 19.3. The lowest BCUT2D eigenvalue weighted by Gasteiger charge is -2.41. The summed E-state index contributed by atoms with van der Waals surface area (Å²) in [6.45, 7) is 6.16. The summed E-state index contributed by atoms with van der Waals surface area (Å²) in [6, 6.07) is 2.11. The van der Waals surface area contributed by atoms with Crippen LogP contribution in [0.3, 0.4) is 0 Å². The van der Waals surface area contributed by atoms with E-state index in [0.29, 0.717) is 44.4 Å². The van der Waals surface area contributed by atoms with Crippen molar-refractivity contribution >= 4 is 11.7 Å². The van der Waals surface area contributed by atoms with Gasteiger partial charge in [-0.2, -0.15) is 5.10 Å². The maximum Gasteiger partial charge on any atom is 0.251 e. The lowest BCUT2D eigenvalue weighted by molar-refractivity contribution is -0.143. The van der Waals surface area contributed by atoms with Crippen molar-refractivity contribution in [2.24, 2.45) is 17.8 Å². The zero-order valence-electron chi connectivity index (χ0n) is 16.8. The summed E-state index contributed by atoms with van der Waals surface area (Å²) in [5, 5.41) is 8.93. The lowest BCUT2D eigenvalue weighted by atomic mass is 9.96. The van der Waals surface area contributed by atoms with Crippen molar-refractivity contribution < 1.29 is 13.6 Å². The molecule has 29 heavy (non-hydrogen) atoms. The molecule has 9 heteroatoms. The summed E-state index contributed by atoms with van der Waals surface area (Å²) in [7, 11) is 2.18. The third-order valence-corrected chi connectivity index (χ3v) is 6.93. The lowest BCUT2D eigenvalue weighted by Crippen LogP contribution is -2.56. The van der Waals surface area contributed by atoms with Gasteiger partial charge in [-0.1, -0.05) is 0 Å². The Kier molecular flexibility index (Phi) is 4.90. The van der Waals surface area contributed by atoms with E-state index < -0.39 is 6.43 Å². The third-order valence-electron chi connectivity index (χ3n) is 6.93. The van der Waals surface area contributed by atoms with Crippen LogP contribution >= 0.6 is 0 Å². The van der Waals surface area contributed by atoms with Crippen LogP contribution in [0.25, 0.3) is 0 Å². The highest BCUT2D eigenvalue weighted by Gasteiger charge is 2.40. The quantitative estimate of drug-likeness (QED) is 0.728. The van der Waals surface area contributed by atoms with Crippen LogP contribution in [0.4, 0.5) is 14.6 Å². The first-order valence-electron chi connectivity index (χ1n) is 10.5. The fourth-order valence-corrected chi connectivity index (χ4v) is 5.40. The highest BCUT2D eigenvalue weighted by Crippen LogP contribution is 2.33. The average molecular weight is 406 g/mol. The number of hydrogen-bond acceptors (Lipinski definition) is 6. The maximum absolute atomic E-state index is 12.8. The summed E-state index contributed by atoms with van der Waals surface area (Å²) in [5.74, 6) is 2.25. The Balaban J connectivity index is 1.22. The number of aromatic nitrogens is 2. The molecule has 0 N–H and O–H groups in total. The van der Waals surface area contributed by atoms with Gasteiger partial charge in [0.2, 0.25) is 5.91 Å². The van der Waals surface area contributed by atoms with Crippen LogP contribution in [0, 0.1) is 17.8 Å². The largest absolute Gasteiger partial charge is 0.354 e. The summed E-state index contributed by atoms with van der Waals surface area (Å²) in [6.07, 6.45) is -1.63. The van der Waals surface area contributed by atoms with Crippen LogP contribution in [0.2, 0.25) is 0 Å². The van der Waals surface area contributed by atoms with Crippen LogP contribution in [0.1, 0.15) is 11.3 Å². The van der Waals surface area contributed by atoms with Crippen molar-refractivity contribution in [3.8, 4) is 0 Å². The van der Waals surface area contributed by atoms with Gasteiger partial charge in [-0.25, -0.2) is 8.78 Å². The van der Waals surface area contributed by atoms with Gasteiger partial charge in [0, 0.05) is 58.8 Å². The molecule has 4 aliphatic rings. The molecule has 0 aliphatic carbocycles. The zero-order valence-corrected chi connectivity index (χ0v) is 16.8. The second-order valence-electron chi connectivity index (χ2n) is 9.14. The predicted molar refractivity (Wildman–Crippen MR) is 104 cm³/mol. The highest BCUT2D eigenvalue weighted by molar-refractivity contribution is 5.80. The minimum Gasteiger partial charge on any atom is -0.354 e. The van der Waals surface area contributed by atoms with Crippen molar-refractivity contribution in [3.63, 3.8) is 0 Å². The normalized spacial score (nSPS) is 28.0. The van der Waals surface area contributed by atoms with Crippen molar-refractivity contribution in [1.29, 1.82) is 0 Å². The minimum absolute atomic E-state index is 0.0817. The standard InChI is InChI=1S/C20H28F2N6O/c1-25-5-14-10-28(11-15(14)6-25)19-4-13-9-27(3-2-17(13)23-24-19)20(29)16-7-26(8-16)12-18(21)22/h4,14-16,18H,2-3,5-12H2,1H3/t14-,15+. The molecule has 0 aromatic carbocycles. The molecule has 0 unspecified atom stereocenters. The van der Waals surface area contributed by atoms with E-state index in [9.17, 15) is 13.6 Å². The van der Waals surface area contributed by atoms with Gasteiger partial charge in [-0.3, -0.25) is 9.69 Å². The van der Waals surface area contributed by atoms with E-state index in [1.165, 1.54) is 0 Å². The molecule has 1 aromatic rings. The Morgan fingerprint density at radius 3 is 2.55 bits per heavy atom. The number of rotatable bonds is 4. The van der Waals surface area contributed by atoms with Crippen molar-refractivity contribution in [3.05, 3.63) is 17.3 Å². The summed E-state index contributed by atoms with van der Waals surface area (Å²) >= 11 is 0. The number of alkyl halides is 2. The second-order valence-corrected chi connectivity index (χ2v) is 9.14. The molecular weight excluding hydrogens is 378 g/mol. The Labute approximate surface area is 169 Å². The molecule has 2 atom stereocenters. The van der Waals surface area contributed by atoms with E-state index in [1.807, 2.05) is 4.90 Å². The van der Waals surface area contributed by atoms with Gasteiger partial charge in [-0.05, 0) is 30.5 Å². The van der Waals surface area contributed by atoms with E-state index in [-0.39, 0.29) is 18.4 Å². The topological polar surface area (TPSA) is 55.8 Å². The number of likely N-dealkylation sites (tertiary alicyclic amines) is 2. The Morgan fingerprint density at radius 2 is 1.86 bits per heavy atom. The molecule has 3 saturated heterocycles. The van der Waals surface area contributed by atoms with Gasteiger partial charge in [0.15, 0.2) is 5.82 Å². The maximum atomic E-state index is 12.8. The van der Waals surface area contributed by atoms with Gasteiger partial charge in [0.25, 0.3) is 6.43 Å². The van der Waals surface area contributed by atoms with Gasteiger partial charge in [0.1, 0.15) is 0 Å². The van der Waals surface area contributed by atoms with Crippen LogP contribution in [-0.4, -0.2) is 96.6 Å². The van der Waals surface area contributed by atoms with Crippen molar-refractivity contribution in [1.82, 2.24) is 24.9 Å². The Morgan fingerprint density at radius 1 is 1.14 bits per heavy atom. The number of halogens is 2. The van der Waals surface area contributed by atoms with Gasteiger partial charge >= 0.3 is 0 Å². The molecule has 0 radical (unpaired) electrons. The van der Waals surface area contributed by atoms with Crippen molar-refractivity contribution in [2.45, 2.75) is 19.4 Å². The average Bonchev–Trinajstić information content (AvgIpc) is 3.20. The first kappa shape index (κ1) is 19.1. The molecule has 0 bridgehead atoms.